The van der Waals surface area contributed by atoms with Crippen molar-refractivity contribution in [1.82, 2.24) is 14.8 Å². The van der Waals surface area contributed by atoms with Crippen molar-refractivity contribution in [2.24, 2.45) is 0 Å². The maximum Gasteiger partial charge on any atom is 0.258 e. The molecule has 0 radical (unpaired) electrons. The van der Waals surface area contributed by atoms with Crippen LogP contribution in [0.5, 0.6) is 0 Å². The molecule has 0 fully saturated rings. The van der Waals surface area contributed by atoms with E-state index in [9.17, 15) is 4.79 Å². The van der Waals surface area contributed by atoms with Crippen LogP contribution in [-0.4, -0.2) is 20.7 Å². The zero-order valence-corrected chi connectivity index (χ0v) is 14.8. The lowest BCUT2D eigenvalue weighted by atomic mass is 10.1. The third-order valence-corrected chi connectivity index (χ3v) is 4.18. The number of nitrogens with one attached hydrogen (secondary N) is 1. The molecule has 0 atom stereocenters. The molecule has 0 aliphatic carbocycles. The van der Waals surface area contributed by atoms with Gasteiger partial charge in [0, 0.05) is 11.1 Å². The Morgan fingerprint density at radius 3 is 2.15 bits per heavy atom. The smallest absolute Gasteiger partial charge is 0.258 e. The maximum absolute atomic E-state index is 12.5. The summed E-state index contributed by atoms with van der Waals surface area (Å²) in [6.45, 7) is 2.04. The van der Waals surface area contributed by atoms with Gasteiger partial charge in [-0.3, -0.25) is 10.1 Å². The quantitative estimate of drug-likeness (QED) is 0.587. The van der Waals surface area contributed by atoms with Crippen LogP contribution in [0.4, 0.5) is 5.95 Å². The van der Waals surface area contributed by atoms with Gasteiger partial charge in [-0.05, 0) is 31.2 Å². The molecule has 132 valence electrons. The van der Waals surface area contributed by atoms with Crippen molar-refractivity contribution in [3.05, 3.63) is 96.1 Å². The van der Waals surface area contributed by atoms with Crippen LogP contribution in [0.2, 0.25) is 0 Å². The van der Waals surface area contributed by atoms with Gasteiger partial charge in [0.25, 0.3) is 5.91 Å². The molecule has 0 aliphatic rings. The number of anilines is 1. The normalized spacial score (nSPS) is 10.6. The van der Waals surface area contributed by atoms with Gasteiger partial charge in [0.05, 0.1) is 5.69 Å². The fraction of sp³-hybridized carbons (Fsp3) is 0.0455. The predicted molar refractivity (Wildman–Crippen MR) is 106 cm³/mol. The molecule has 1 heterocycles. The van der Waals surface area contributed by atoms with E-state index in [0.29, 0.717) is 11.4 Å². The molecule has 0 unspecified atom stereocenters. The standard InChI is InChI=1S/C22H18N4O/c1-16-12-14-17(15-13-16)20-23-22(24-21(27)18-8-4-2-5-9-18)25-26(20)19-10-6-3-7-11-19/h2-15H,1H3,(H,24,25,27). The number of rotatable bonds is 4. The first-order valence-corrected chi connectivity index (χ1v) is 8.66. The van der Waals surface area contributed by atoms with Crippen molar-refractivity contribution < 1.29 is 4.79 Å². The summed E-state index contributed by atoms with van der Waals surface area (Å²) in [5, 5.41) is 7.31. The van der Waals surface area contributed by atoms with Crippen LogP contribution in [-0.2, 0) is 0 Å². The molecular formula is C22H18N4O. The van der Waals surface area contributed by atoms with Crippen LogP contribution >= 0.6 is 0 Å². The lowest BCUT2D eigenvalue weighted by molar-refractivity contribution is 0.102. The molecule has 27 heavy (non-hydrogen) atoms. The first-order chi connectivity index (χ1) is 13.2. The van der Waals surface area contributed by atoms with Crippen molar-refractivity contribution in [2.45, 2.75) is 6.92 Å². The highest BCUT2D eigenvalue weighted by molar-refractivity contribution is 6.03. The van der Waals surface area contributed by atoms with Crippen molar-refractivity contribution in [1.29, 1.82) is 0 Å². The summed E-state index contributed by atoms with van der Waals surface area (Å²) in [6.07, 6.45) is 0. The van der Waals surface area contributed by atoms with Gasteiger partial charge in [-0.15, -0.1) is 5.10 Å². The molecule has 3 aromatic carbocycles. The first-order valence-electron chi connectivity index (χ1n) is 8.66. The molecule has 1 amide bonds. The number of carbonyl (C=O) groups excluding carboxylic acids is 1. The van der Waals surface area contributed by atoms with E-state index in [4.69, 9.17) is 0 Å². The average molecular weight is 354 g/mol. The molecule has 0 spiro atoms. The highest BCUT2D eigenvalue weighted by Crippen LogP contribution is 2.23. The fourth-order valence-corrected chi connectivity index (χ4v) is 2.77. The molecule has 1 aromatic heterocycles. The summed E-state index contributed by atoms with van der Waals surface area (Å²) in [4.78, 5) is 17.0. The van der Waals surface area contributed by atoms with Crippen molar-refractivity contribution in [3.8, 4) is 17.1 Å². The van der Waals surface area contributed by atoms with E-state index in [1.807, 2.05) is 79.7 Å². The Morgan fingerprint density at radius 2 is 1.48 bits per heavy atom. The van der Waals surface area contributed by atoms with Crippen molar-refractivity contribution in [2.75, 3.05) is 5.32 Å². The lowest BCUT2D eigenvalue weighted by Crippen LogP contribution is -2.13. The highest BCUT2D eigenvalue weighted by atomic mass is 16.1. The summed E-state index contributed by atoms with van der Waals surface area (Å²) in [7, 11) is 0. The number of hydrogen-bond acceptors (Lipinski definition) is 3. The second-order valence-corrected chi connectivity index (χ2v) is 6.19. The van der Waals surface area contributed by atoms with Gasteiger partial charge in [0.2, 0.25) is 5.95 Å². The van der Waals surface area contributed by atoms with E-state index < -0.39 is 0 Å². The Labute approximate surface area is 157 Å². The minimum Gasteiger partial charge on any atom is -0.289 e. The molecule has 5 nitrogen and oxygen atoms in total. The van der Waals surface area contributed by atoms with Gasteiger partial charge < -0.3 is 0 Å². The topological polar surface area (TPSA) is 59.8 Å². The third kappa shape index (κ3) is 3.62. The second kappa shape index (κ2) is 7.25. The zero-order chi connectivity index (χ0) is 18.6. The highest BCUT2D eigenvalue weighted by Gasteiger charge is 2.16. The van der Waals surface area contributed by atoms with E-state index in [2.05, 4.69) is 15.4 Å². The molecule has 4 rings (SSSR count). The number of aryl methyl sites for hydroxylation is 1. The van der Waals surface area contributed by atoms with E-state index >= 15 is 0 Å². The Morgan fingerprint density at radius 1 is 0.852 bits per heavy atom. The van der Waals surface area contributed by atoms with Crippen LogP contribution in [0.1, 0.15) is 15.9 Å². The van der Waals surface area contributed by atoms with Gasteiger partial charge in [-0.2, -0.15) is 4.98 Å². The largest absolute Gasteiger partial charge is 0.289 e. The van der Waals surface area contributed by atoms with E-state index in [-0.39, 0.29) is 11.9 Å². The predicted octanol–water partition coefficient (Wildman–Crippen LogP) is 4.50. The van der Waals surface area contributed by atoms with Gasteiger partial charge >= 0.3 is 0 Å². The van der Waals surface area contributed by atoms with Gasteiger partial charge in [0.15, 0.2) is 5.82 Å². The van der Waals surface area contributed by atoms with Gasteiger partial charge in [-0.25, -0.2) is 4.68 Å². The van der Waals surface area contributed by atoms with Gasteiger partial charge in [0.1, 0.15) is 0 Å². The molecule has 0 saturated heterocycles. The van der Waals surface area contributed by atoms with Crippen molar-refractivity contribution >= 4 is 11.9 Å². The van der Waals surface area contributed by atoms with Crippen LogP contribution < -0.4 is 5.32 Å². The summed E-state index contributed by atoms with van der Waals surface area (Å²) < 4.78 is 1.74. The van der Waals surface area contributed by atoms with E-state index in [0.717, 1.165) is 11.3 Å². The van der Waals surface area contributed by atoms with Crippen LogP contribution in [0.25, 0.3) is 17.1 Å². The van der Waals surface area contributed by atoms with E-state index in [1.54, 1.807) is 16.8 Å². The maximum atomic E-state index is 12.5. The first kappa shape index (κ1) is 16.7. The number of benzene rings is 3. The van der Waals surface area contributed by atoms with Gasteiger partial charge in [-0.1, -0.05) is 66.2 Å². The molecule has 0 aliphatic heterocycles. The summed E-state index contributed by atoms with van der Waals surface area (Å²) in [6, 6.07) is 26.8. The number of nitrogens with zero attached hydrogens (tertiary/aromatic N) is 3. The molecule has 4 aromatic rings. The summed E-state index contributed by atoms with van der Waals surface area (Å²) >= 11 is 0. The minimum atomic E-state index is -0.240. The number of amides is 1. The van der Waals surface area contributed by atoms with E-state index in [1.165, 1.54) is 5.56 Å². The lowest BCUT2D eigenvalue weighted by Gasteiger charge is -2.05. The SMILES string of the molecule is Cc1ccc(-c2nc(NC(=O)c3ccccc3)nn2-c2ccccc2)cc1. The van der Waals surface area contributed by atoms with Crippen molar-refractivity contribution in [3.63, 3.8) is 0 Å². The number of para-hydroxylation sites is 1. The average Bonchev–Trinajstić information content (AvgIpc) is 3.13. The molecular weight excluding hydrogens is 336 g/mol. The minimum absolute atomic E-state index is 0.240. The van der Waals surface area contributed by atoms with Crippen LogP contribution in [0.3, 0.4) is 0 Å². The summed E-state index contributed by atoms with van der Waals surface area (Å²) in [5.74, 6) is 0.698. The monoisotopic (exact) mass is 354 g/mol. The Bertz CT molecular complexity index is 1050. The summed E-state index contributed by atoms with van der Waals surface area (Å²) in [5.41, 5.74) is 3.53. The molecule has 1 N–H and O–H groups in total. The second-order valence-electron chi connectivity index (χ2n) is 6.19. The Hall–Kier alpha value is -3.73. The number of carbonyl (C=O) groups is 1. The molecule has 0 saturated carbocycles. The fourth-order valence-electron chi connectivity index (χ4n) is 2.77. The van der Waals surface area contributed by atoms with Crippen LogP contribution in [0.15, 0.2) is 84.9 Å². The number of hydrogen-bond donors (Lipinski definition) is 1. The molecule has 5 heteroatoms. The zero-order valence-electron chi connectivity index (χ0n) is 14.8. The number of aromatic nitrogens is 3. The van der Waals surface area contributed by atoms with Crippen LogP contribution in [0, 0.1) is 6.92 Å². The third-order valence-electron chi connectivity index (χ3n) is 4.18. The Balaban J connectivity index is 1.74. The Kier molecular flexibility index (Phi) is 4.49. The molecule has 0 bridgehead atoms.